The molecule has 0 aliphatic heterocycles. The molecule has 0 N–H and O–H groups in total. The van der Waals surface area contributed by atoms with E-state index in [9.17, 15) is 33.4 Å². The van der Waals surface area contributed by atoms with Gasteiger partial charge in [-0.3, -0.25) is 20.2 Å². The van der Waals surface area contributed by atoms with Gasteiger partial charge in [-0.2, -0.15) is 18.3 Å². The molecule has 0 amide bonds. The van der Waals surface area contributed by atoms with Crippen LogP contribution in [0.3, 0.4) is 0 Å². The third-order valence-electron chi connectivity index (χ3n) is 3.68. The van der Waals surface area contributed by atoms with Crippen molar-refractivity contribution in [2.75, 3.05) is 0 Å². The van der Waals surface area contributed by atoms with Crippen molar-refractivity contribution in [2.24, 2.45) is 0 Å². The molecule has 138 valence electrons. The molecule has 1 aromatic heterocycles. The fourth-order valence-electron chi connectivity index (χ4n) is 2.39. The fraction of sp³-hybridized carbons (Fsp3) is 0.0625. The minimum atomic E-state index is -4.73. The summed E-state index contributed by atoms with van der Waals surface area (Å²) >= 11 is 0. The Kier molecular flexibility index (Phi) is 4.35. The SMILES string of the molecule is O=[N+]([O-])c1ccc(-c2cc(C(F)(F)F)n(-c3ccc([N+](=O)[O-])cc3)n2)cc1. The van der Waals surface area contributed by atoms with Crippen molar-refractivity contribution in [3.05, 3.63) is 80.5 Å². The summed E-state index contributed by atoms with van der Waals surface area (Å²) in [5.74, 6) is 0. The zero-order valence-corrected chi connectivity index (χ0v) is 13.3. The third kappa shape index (κ3) is 3.61. The lowest BCUT2D eigenvalue weighted by atomic mass is 10.1. The monoisotopic (exact) mass is 378 g/mol. The van der Waals surface area contributed by atoms with E-state index in [1.54, 1.807) is 0 Å². The second-order valence-electron chi connectivity index (χ2n) is 5.40. The predicted molar refractivity (Wildman–Crippen MR) is 87.3 cm³/mol. The molecule has 2 aromatic carbocycles. The number of hydrogen-bond acceptors (Lipinski definition) is 5. The highest BCUT2D eigenvalue weighted by Gasteiger charge is 2.36. The van der Waals surface area contributed by atoms with Crippen LogP contribution < -0.4 is 0 Å². The lowest BCUT2D eigenvalue weighted by molar-refractivity contribution is -0.385. The minimum Gasteiger partial charge on any atom is -0.258 e. The normalized spacial score (nSPS) is 11.4. The number of rotatable bonds is 4. The van der Waals surface area contributed by atoms with Crippen molar-refractivity contribution >= 4 is 11.4 Å². The van der Waals surface area contributed by atoms with Crippen molar-refractivity contribution in [1.82, 2.24) is 9.78 Å². The van der Waals surface area contributed by atoms with Crippen LogP contribution in [0, 0.1) is 20.2 Å². The van der Waals surface area contributed by atoms with E-state index in [1.165, 1.54) is 12.1 Å². The molecule has 0 saturated carbocycles. The number of hydrogen-bond donors (Lipinski definition) is 0. The fourth-order valence-corrected chi connectivity index (χ4v) is 2.39. The van der Waals surface area contributed by atoms with Crippen molar-refractivity contribution in [3.63, 3.8) is 0 Å². The summed E-state index contributed by atoms with van der Waals surface area (Å²) in [5.41, 5.74) is -1.35. The molecular formula is C16H9F3N4O4. The minimum absolute atomic E-state index is 0.0129. The molecule has 0 unspecified atom stereocenters. The van der Waals surface area contributed by atoms with Crippen molar-refractivity contribution in [3.8, 4) is 16.9 Å². The quantitative estimate of drug-likeness (QED) is 0.495. The molecule has 0 atom stereocenters. The molecule has 3 aromatic rings. The Morgan fingerprint density at radius 2 is 1.33 bits per heavy atom. The molecule has 0 spiro atoms. The largest absolute Gasteiger partial charge is 0.433 e. The topological polar surface area (TPSA) is 104 Å². The summed E-state index contributed by atoms with van der Waals surface area (Å²) < 4.78 is 40.8. The van der Waals surface area contributed by atoms with Gasteiger partial charge in [0.05, 0.1) is 21.2 Å². The average molecular weight is 378 g/mol. The Morgan fingerprint density at radius 1 is 0.852 bits per heavy atom. The first-order valence-corrected chi connectivity index (χ1v) is 7.34. The summed E-state index contributed by atoms with van der Waals surface area (Å²) in [7, 11) is 0. The van der Waals surface area contributed by atoms with Crippen LogP contribution in [0.2, 0.25) is 0 Å². The molecule has 0 bridgehead atoms. The Morgan fingerprint density at radius 3 is 1.78 bits per heavy atom. The second kappa shape index (κ2) is 6.52. The number of non-ortho nitro benzene ring substituents is 2. The van der Waals surface area contributed by atoms with Gasteiger partial charge in [0, 0.05) is 29.8 Å². The average Bonchev–Trinajstić information content (AvgIpc) is 3.07. The molecule has 27 heavy (non-hydrogen) atoms. The molecule has 3 rings (SSSR count). The Hall–Kier alpha value is -3.76. The van der Waals surface area contributed by atoms with Gasteiger partial charge >= 0.3 is 6.18 Å². The van der Waals surface area contributed by atoms with Crippen LogP contribution in [0.5, 0.6) is 0 Å². The van der Waals surface area contributed by atoms with Gasteiger partial charge in [-0.25, -0.2) is 4.68 Å². The molecule has 0 fully saturated rings. The summed E-state index contributed by atoms with van der Waals surface area (Å²) in [6.45, 7) is 0. The van der Waals surface area contributed by atoms with Gasteiger partial charge in [-0.15, -0.1) is 0 Å². The standard InChI is InChI=1S/C16H9F3N4O4/c17-16(18,19)15-9-14(10-1-3-12(4-2-10)22(24)25)20-21(15)11-5-7-13(8-6-11)23(26)27/h1-9H. The zero-order chi connectivity index (χ0) is 19.8. The number of alkyl halides is 3. The van der Waals surface area contributed by atoms with E-state index in [0.29, 0.717) is 4.68 Å². The summed E-state index contributed by atoms with van der Waals surface area (Å²) in [6.07, 6.45) is -4.73. The number of aromatic nitrogens is 2. The van der Waals surface area contributed by atoms with Crippen LogP contribution in [0.4, 0.5) is 24.5 Å². The van der Waals surface area contributed by atoms with Gasteiger partial charge in [-0.1, -0.05) is 0 Å². The van der Waals surface area contributed by atoms with Crippen LogP contribution in [-0.2, 0) is 6.18 Å². The molecular weight excluding hydrogens is 369 g/mol. The number of nitrogens with zero attached hydrogens (tertiary/aromatic N) is 4. The Labute approximate surface area is 148 Å². The molecule has 8 nitrogen and oxygen atoms in total. The van der Waals surface area contributed by atoms with Crippen LogP contribution in [0.25, 0.3) is 16.9 Å². The van der Waals surface area contributed by atoms with Crippen molar-refractivity contribution in [1.29, 1.82) is 0 Å². The lowest BCUT2D eigenvalue weighted by Crippen LogP contribution is -2.13. The van der Waals surface area contributed by atoms with E-state index in [0.717, 1.165) is 42.5 Å². The number of nitro benzene ring substituents is 2. The number of benzene rings is 2. The summed E-state index contributed by atoms with van der Waals surface area (Å²) in [6, 6.07) is 10.2. The number of nitro groups is 2. The molecule has 0 saturated heterocycles. The highest BCUT2D eigenvalue weighted by atomic mass is 19.4. The molecule has 0 radical (unpaired) electrons. The number of halogens is 3. The van der Waals surface area contributed by atoms with Crippen LogP contribution in [0.1, 0.15) is 5.69 Å². The van der Waals surface area contributed by atoms with Gasteiger partial charge in [-0.05, 0) is 30.3 Å². The van der Waals surface area contributed by atoms with Gasteiger partial charge in [0.15, 0.2) is 0 Å². The second-order valence-corrected chi connectivity index (χ2v) is 5.40. The van der Waals surface area contributed by atoms with E-state index < -0.39 is 21.7 Å². The van der Waals surface area contributed by atoms with Crippen LogP contribution in [-0.4, -0.2) is 19.6 Å². The highest BCUT2D eigenvalue weighted by Crippen LogP contribution is 2.34. The van der Waals surface area contributed by atoms with E-state index in [-0.39, 0.29) is 28.3 Å². The van der Waals surface area contributed by atoms with Crippen LogP contribution in [0.15, 0.2) is 54.6 Å². The van der Waals surface area contributed by atoms with Crippen molar-refractivity contribution < 1.29 is 23.0 Å². The Bertz CT molecular complexity index is 1010. The molecule has 0 aliphatic carbocycles. The summed E-state index contributed by atoms with van der Waals surface area (Å²) in [5, 5.41) is 25.3. The maximum atomic E-state index is 13.4. The van der Waals surface area contributed by atoms with Gasteiger partial charge in [0.25, 0.3) is 11.4 Å². The lowest BCUT2D eigenvalue weighted by Gasteiger charge is -2.09. The molecule has 11 heteroatoms. The van der Waals surface area contributed by atoms with E-state index in [1.807, 2.05) is 0 Å². The van der Waals surface area contributed by atoms with Crippen molar-refractivity contribution in [2.45, 2.75) is 6.18 Å². The van der Waals surface area contributed by atoms with Gasteiger partial charge < -0.3 is 0 Å². The molecule has 0 aliphatic rings. The first kappa shape index (κ1) is 18.0. The Balaban J connectivity index is 2.08. The maximum Gasteiger partial charge on any atom is 0.433 e. The molecule has 1 heterocycles. The van der Waals surface area contributed by atoms with E-state index in [4.69, 9.17) is 0 Å². The van der Waals surface area contributed by atoms with Gasteiger partial charge in [0.2, 0.25) is 0 Å². The van der Waals surface area contributed by atoms with Gasteiger partial charge in [0.1, 0.15) is 5.69 Å². The predicted octanol–water partition coefficient (Wildman–Crippen LogP) is 4.37. The smallest absolute Gasteiger partial charge is 0.258 e. The summed E-state index contributed by atoms with van der Waals surface area (Å²) in [4.78, 5) is 20.1. The van der Waals surface area contributed by atoms with E-state index in [2.05, 4.69) is 5.10 Å². The van der Waals surface area contributed by atoms with E-state index >= 15 is 0 Å². The van der Waals surface area contributed by atoms with Crippen LogP contribution >= 0.6 is 0 Å². The maximum absolute atomic E-state index is 13.4. The highest BCUT2D eigenvalue weighted by molar-refractivity contribution is 5.62. The third-order valence-corrected chi connectivity index (χ3v) is 3.68. The zero-order valence-electron chi connectivity index (χ0n) is 13.3. The first-order chi connectivity index (χ1) is 12.7. The first-order valence-electron chi connectivity index (χ1n) is 7.34.